The normalized spacial score (nSPS) is 11.1. The van der Waals surface area contributed by atoms with Crippen LogP contribution in [0.25, 0.3) is 5.69 Å². The smallest absolute Gasteiger partial charge is 0.335 e. The van der Waals surface area contributed by atoms with Crippen molar-refractivity contribution in [1.82, 2.24) is 4.57 Å². The largest absolute Gasteiger partial charge is 0.508 e. The molecule has 0 unspecified atom stereocenters. The van der Waals surface area contributed by atoms with Gasteiger partial charge in [-0.1, -0.05) is 0 Å². The average molecular weight is 378 g/mol. The van der Waals surface area contributed by atoms with Crippen LogP contribution in [0.3, 0.4) is 0 Å². The van der Waals surface area contributed by atoms with Crippen molar-refractivity contribution in [3.05, 3.63) is 76.6 Å². The zero-order chi connectivity index (χ0) is 20.4. The van der Waals surface area contributed by atoms with Gasteiger partial charge in [-0.2, -0.15) is 0 Å². The lowest BCUT2D eigenvalue weighted by molar-refractivity contribution is 0.0696. The van der Waals surface area contributed by atoms with Crippen LogP contribution in [0.4, 0.5) is 5.69 Å². The van der Waals surface area contributed by atoms with Crippen molar-refractivity contribution < 1.29 is 24.9 Å². The molecule has 0 amide bonds. The Hall–Kier alpha value is -3.87. The van der Waals surface area contributed by atoms with Gasteiger partial charge in [0.25, 0.3) is 0 Å². The molecule has 3 rings (SSSR count). The molecule has 142 valence electrons. The fourth-order valence-electron chi connectivity index (χ4n) is 2.99. The van der Waals surface area contributed by atoms with E-state index in [2.05, 4.69) is 4.99 Å². The summed E-state index contributed by atoms with van der Waals surface area (Å²) in [6.07, 6.45) is 1.67. The Labute approximate surface area is 160 Å². The van der Waals surface area contributed by atoms with E-state index in [-0.39, 0.29) is 16.9 Å². The minimum absolute atomic E-state index is 0.0956. The fraction of sp³-hybridized carbons (Fsp3) is 0.0952. The monoisotopic (exact) mass is 378 g/mol. The lowest BCUT2D eigenvalue weighted by atomic mass is 10.1. The van der Waals surface area contributed by atoms with Crippen LogP contribution in [0.15, 0.2) is 53.5 Å². The second kappa shape index (κ2) is 7.40. The van der Waals surface area contributed by atoms with Crippen LogP contribution in [0, 0.1) is 13.8 Å². The molecule has 0 bridgehead atoms. The van der Waals surface area contributed by atoms with Crippen LogP contribution >= 0.6 is 0 Å². The maximum Gasteiger partial charge on any atom is 0.335 e. The Morgan fingerprint density at radius 2 is 1.50 bits per heavy atom. The van der Waals surface area contributed by atoms with Gasteiger partial charge in [-0.25, -0.2) is 9.59 Å². The predicted molar refractivity (Wildman–Crippen MR) is 105 cm³/mol. The molecule has 28 heavy (non-hydrogen) atoms. The number of nitrogens with zero attached hydrogens (tertiary/aromatic N) is 2. The Morgan fingerprint density at radius 1 is 0.929 bits per heavy atom. The van der Waals surface area contributed by atoms with Gasteiger partial charge in [0.05, 0.1) is 16.8 Å². The molecular weight excluding hydrogens is 360 g/mol. The Morgan fingerprint density at radius 3 is 2.04 bits per heavy atom. The number of phenolic OH excluding ortho intramolecular Hbond substituents is 1. The van der Waals surface area contributed by atoms with Crippen molar-refractivity contribution in [2.24, 2.45) is 4.99 Å². The first-order valence-electron chi connectivity index (χ1n) is 8.40. The van der Waals surface area contributed by atoms with Crippen LogP contribution in [0.5, 0.6) is 5.75 Å². The minimum atomic E-state index is -1.19. The molecule has 3 aromatic rings. The molecule has 0 fully saturated rings. The van der Waals surface area contributed by atoms with E-state index in [1.165, 1.54) is 12.1 Å². The Balaban J connectivity index is 2.06. The van der Waals surface area contributed by atoms with Crippen LogP contribution in [-0.4, -0.2) is 38.0 Å². The van der Waals surface area contributed by atoms with Crippen molar-refractivity contribution in [2.75, 3.05) is 0 Å². The molecule has 7 nitrogen and oxygen atoms in total. The highest BCUT2D eigenvalue weighted by Gasteiger charge is 2.15. The van der Waals surface area contributed by atoms with E-state index in [9.17, 15) is 24.9 Å². The summed E-state index contributed by atoms with van der Waals surface area (Å²) in [6, 6.07) is 12.3. The first-order valence-corrected chi connectivity index (χ1v) is 8.40. The molecule has 0 aliphatic rings. The quantitative estimate of drug-likeness (QED) is 0.582. The van der Waals surface area contributed by atoms with E-state index in [1.54, 1.807) is 35.0 Å². The van der Waals surface area contributed by atoms with Crippen molar-refractivity contribution in [1.29, 1.82) is 0 Å². The van der Waals surface area contributed by atoms with Crippen molar-refractivity contribution in [2.45, 2.75) is 13.8 Å². The van der Waals surface area contributed by atoms with Gasteiger partial charge in [0.2, 0.25) is 0 Å². The molecule has 0 aliphatic heterocycles. The Bertz CT molecular complexity index is 1060. The lowest BCUT2D eigenvalue weighted by Gasteiger charge is -2.12. The Kier molecular flexibility index (Phi) is 5.00. The highest BCUT2D eigenvalue weighted by molar-refractivity contribution is 5.95. The molecule has 7 heteroatoms. The molecule has 1 aromatic heterocycles. The molecule has 0 saturated heterocycles. The summed E-state index contributed by atoms with van der Waals surface area (Å²) in [5.74, 6) is -2.23. The van der Waals surface area contributed by atoms with E-state index in [4.69, 9.17) is 0 Å². The predicted octanol–water partition coefficient (Wildman–Crippen LogP) is 3.95. The number of carboxylic acid groups (broad SMARTS) is 2. The van der Waals surface area contributed by atoms with Gasteiger partial charge >= 0.3 is 11.9 Å². The number of hydrogen-bond donors (Lipinski definition) is 3. The molecule has 1 heterocycles. The van der Waals surface area contributed by atoms with Crippen LogP contribution in [-0.2, 0) is 0 Å². The molecule has 0 radical (unpaired) electrons. The zero-order valence-corrected chi connectivity index (χ0v) is 15.2. The first-order chi connectivity index (χ1) is 13.3. The van der Waals surface area contributed by atoms with E-state index in [0.717, 1.165) is 23.0 Å². The summed E-state index contributed by atoms with van der Waals surface area (Å²) in [4.78, 5) is 27.1. The van der Waals surface area contributed by atoms with Crippen molar-refractivity contribution >= 4 is 23.8 Å². The lowest BCUT2D eigenvalue weighted by Crippen LogP contribution is -2.07. The number of aromatic nitrogens is 1. The number of carbonyl (C=O) groups is 2. The third-order valence-electron chi connectivity index (χ3n) is 4.34. The molecule has 3 N–H and O–H groups in total. The number of aliphatic imine (C=N–C) groups is 1. The van der Waals surface area contributed by atoms with Gasteiger partial charge in [-0.3, -0.25) is 4.99 Å². The van der Waals surface area contributed by atoms with Crippen LogP contribution in [0.1, 0.15) is 37.7 Å². The standard InChI is InChI=1S/C21H18N2O5/c1-12-7-16(11-22-17-3-5-19(24)6-4-17)13(2)23(12)18-9-14(20(25)26)8-15(10-18)21(27)28/h3-11,24H,1-2H3,(H,25,26)(H,27,28). The number of aryl methyl sites for hydroxylation is 1. The highest BCUT2D eigenvalue weighted by atomic mass is 16.4. The van der Waals surface area contributed by atoms with E-state index in [0.29, 0.717) is 11.4 Å². The summed E-state index contributed by atoms with van der Waals surface area (Å²) in [5.41, 5.74) is 3.34. The van der Waals surface area contributed by atoms with E-state index < -0.39 is 11.9 Å². The summed E-state index contributed by atoms with van der Waals surface area (Å²) in [5, 5.41) is 27.9. The van der Waals surface area contributed by atoms with Gasteiger partial charge in [0.15, 0.2) is 0 Å². The highest BCUT2D eigenvalue weighted by Crippen LogP contribution is 2.23. The molecule has 0 aliphatic carbocycles. The number of rotatable bonds is 5. The number of phenols is 1. The third-order valence-corrected chi connectivity index (χ3v) is 4.34. The number of benzene rings is 2. The average Bonchev–Trinajstić information content (AvgIpc) is 2.94. The second-order valence-corrected chi connectivity index (χ2v) is 6.32. The van der Waals surface area contributed by atoms with Gasteiger partial charge in [0, 0.05) is 28.9 Å². The van der Waals surface area contributed by atoms with Gasteiger partial charge in [-0.05, 0) is 62.4 Å². The summed E-state index contributed by atoms with van der Waals surface area (Å²) < 4.78 is 1.79. The fourth-order valence-corrected chi connectivity index (χ4v) is 2.99. The molecule has 2 aromatic carbocycles. The third kappa shape index (κ3) is 3.78. The van der Waals surface area contributed by atoms with Gasteiger partial charge in [-0.15, -0.1) is 0 Å². The molecule has 0 saturated carbocycles. The maximum atomic E-state index is 11.4. The SMILES string of the molecule is Cc1cc(C=Nc2ccc(O)cc2)c(C)n1-c1cc(C(=O)O)cc(C(=O)O)c1. The summed E-state index contributed by atoms with van der Waals surface area (Å²) in [7, 11) is 0. The topological polar surface area (TPSA) is 112 Å². The molecular formula is C21H18N2O5. The number of hydrogen-bond acceptors (Lipinski definition) is 4. The molecule has 0 atom stereocenters. The van der Waals surface area contributed by atoms with Crippen molar-refractivity contribution in [3.8, 4) is 11.4 Å². The summed E-state index contributed by atoms with van der Waals surface area (Å²) >= 11 is 0. The maximum absolute atomic E-state index is 11.4. The van der Waals surface area contributed by atoms with Crippen molar-refractivity contribution in [3.63, 3.8) is 0 Å². The minimum Gasteiger partial charge on any atom is -0.508 e. The van der Waals surface area contributed by atoms with E-state index in [1.807, 2.05) is 19.9 Å². The zero-order valence-electron chi connectivity index (χ0n) is 15.2. The van der Waals surface area contributed by atoms with Gasteiger partial charge < -0.3 is 19.9 Å². The number of aromatic carboxylic acids is 2. The first kappa shape index (κ1) is 18.9. The van der Waals surface area contributed by atoms with Crippen LogP contribution in [0.2, 0.25) is 0 Å². The van der Waals surface area contributed by atoms with Gasteiger partial charge in [0.1, 0.15) is 5.75 Å². The number of carboxylic acids is 2. The van der Waals surface area contributed by atoms with Crippen LogP contribution < -0.4 is 0 Å². The summed E-state index contributed by atoms with van der Waals surface area (Å²) in [6.45, 7) is 3.69. The number of aromatic hydroxyl groups is 1. The van der Waals surface area contributed by atoms with E-state index >= 15 is 0 Å². The second-order valence-electron chi connectivity index (χ2n) is 6.32. The molecule has 0 spiro atoms.